The molecule has 1 aromatic heterocycles. The summed E-state index contributed by atoms with van der Waals surface area (Å²) in [5.41, 5.74) is 0.187. The Morgan fingerprint density at radius 1 is 1.33 bits per heavy atom. The number of nitrogens with one attached hydrogen (secondary N) is 1. The van der Waals surface area contributed by atoms with E-state index in [1.807, 2.05) is 13.8 Å². The highest BCUT2D eigenvalue weighted by atomic mass is 79.9. The Morgan fingerprint density at radius 2 is 2.05 bits per heavy atom. The first-order valence-corrected chi connectivity index (χ1v) is 7.11. The molecule has 1 aromatic carbocycles. The van der Waals surface area contributed by atoms with E-state index in [-0.39, 0.29) is 6.04 Å². The van der Waals surface area contributed by atoms with Gasteiger partial charge in [-0.1, -0.05) is 29.8 Å². The summed E-state index contributed by atoms with van der Waals surface area (Å²) in [5, 5.41) is 3.16. The molecule has 3 nitrogen and oxygen atoms in total. The maximum atomic E-state index is 12.8. The van der Waals surface area contributed by atoms with E-state index in [1.165, 1.54) is 12.5 Å². The standard InChI is InChI=1S/C14H14BrF3N2O/c1-8(2)19-6-12-13(21-7-20-12)10-5-9(14(16,17)18)3-4-11(10)15/h3-5,7-8,19H,6H2,1-2H3. The van der Waals surface area contributed by atoms with Crippen molar-refractivity contribution in [3.8, 4) is 11.3 Å². The molecule has 0 spiro atoms. The van der Waals surface area contributed by atoms with Crippen LogP contribution in [0.25, 0.3) is 11.3 Å². The molecule has 0 amide bonds. The number of hydrogen-bond donors (Lipinski definition) is 1. The van der Waals surface area contributed by atoms with Gasteiger partial charge in [-0.25, -0.2) is 4.98 Å². The summed E-state index contributed by atoms with van der Waals surface area (Å²) < 4.78 is 44.3. The zero-order valence-electron chi connectivity index (χ0n) is 11.5. The van der Waals surface area contributed by atoms with E-state index in [2.05, 4.69) is 26.2 Å². The molecule has 0 radical (unpaired) electrons. The van der Waals surface area contributed by atoms with Crippen LogP contribution in [0.3, 0.4) is 0 Å². The van der Waals surface area contributed by atoms with Gasteiger partial charge in [-0.05, 0) is 18.2 Å². The number of nitrogens with zero attached hydrogens (tertiary/aromatic N) is 1. The highest BCUT2D eigenvalue weighted by molar-refractivity contribution is 9.10. The summed E-state index contributed by atoms with van der Waals surface area (Å²) in [7, 11) is 0. The van der Waals surface area contributed by atoms with E-state index in [1.54, 1.807) is 0 Å². The minimum atomic E-state index is -4.40. The van der Waals surface area contributed by atoms with Crippen LogP contribution in [-0.4, -0.2) is 11.0 Å². The summed E-state index contributed by atoms with van der Waals surface area (Å²) in [6, 6.07) is 3.68. The lowest BCUT2D eigenvalue weighted by molar-refractivity contribution is -0.137. The van der Waals surface area contributed by atoms with Gasteiger partial charge in [0.2, 0.25) is 0 Å². The number of alkyl halides is 3. The van der Waals surface area contributed by atoms with Crippen LogP contribution >= 0.6 is 15.9 Å². The van der Waals surface area contributed by atoms with E-state index in [4.69, 9.17) is 4.42 Å². The van der Waals surface area contributed by atoms with Crippen LogP contribution in [0.5, 0.6) is 0 Å². The van der Waals surface area contributed by atoms with Crippen LogP contribution in [0.2, 0.25) is 0 Å². The molecule has 0 bridgehead atoms. The Balaban J connectivity index is 2.40. The highest BCUT2D eigenvalue weighted by Crippen LogP contribution is 2.37. The van der Waals surface area contributed by atoms with E-state index < -0.39 is 11.7 Å². The van der Waals surface area contributed by atoms with Crippen molar-refractivity contribution in [2.24, 2.45) is 0 Å². The predicted molar refractivity (Wildman–Crippen MR) is 76.6 cm³/mol. The van der Waals surface area contributed by atoms with Gasteiger partial charge in [-0.2, -0.15) is 13.2 Å². The molecule has 0 aliphatic rings. The topological polar surface area (TPSA) is 38.1 Å². The van der Waals surface area contributed by atoms with Crippen molar-refractivity contribution in [3.05, 3.63) is 40.3 Å². The third-order valence-electron chi connectivity index (χ3n) is 2.86. The largest absolute Gasteiger partial charge is 0.443 e. The molecule has 7 heteroatoms. The Labute approximate surface area is 128 Å². The summed E-state index contributed by atoms with van der Waals surface area (Å²) in [4.78, 5) is 4.07. The molecule has 2 aromatic rings. The number of benzene rings is 1. The second-order valence-corrected chi connectivity index (χ2v) is 5.71. The Kier molecular flexibility index (Phi) is 4.73. The summed E-state index contributed by atoms with van der Waals surface area (Å²) in [6.45, 7) is 4.37. The van der Waals surface area contributed by atoms with Crippen molar-refractivity contribution in [2.75, 3.05) is 0 Å². The lowest BCUT2D eigenvalue weighted by atomic mass is 10.1. The molecule has 0 atom stereocenters. The molecule has 0 fully saturated rings. The van der Waals surface area contributed by atoms with Crippen LogP contribution in [0, 0.1) is 0 Å². The Hall–Kier alpha value is -1.34. The van der Waals surface area contributed by atoms with Gasteiger partial charge in [-0.3, -0.25) is 0 Å². The monoisotopic (exact) mass is 362 g/mol. The van der Waals surface area contributed by atoms with Crippen molar-refractivity contribution in [1.29, 1.82) is 0 Å². The number of halogens is 4. The second kappa shape index (κ2) is 6.19. The third-order valence-corrected chi connectivity index (χ3v) is 3.55. The molecular weight excluding hydrogens is 349 g/mol. The van der Waals surface area contributed by atoms with Crippen molar-refractivity contribution in [1.82, 2.24) is 10.3 Å². The highest BCUT2D eigenvalue weighted by Gasteiger charge is 2.31. The number of rotatable bonds is 4. The second-order valence-electron chi connectivity index (χ2n) is 4.86. The zero-order chi connectivity index (χ0) is 15.6. The molecule has 0 aliphatic carbocycles. The van der Waals surface area contributed by atoms with E-state index in [0.29, 0.717) is 28.0 Å². The third kappa shape index (κ3) is 3.85. The zero-order valence-corrected chi connectivity index (χ0v) is 13.0. The van der Waals surface area contributed by atoms with Crippen LogP contribution in [-0.2, 0) is 12.7 Å². The summed E-state index contributed by atoms with van der Waals surface area (Å²) in [6.07, 6.45) is -3.16. The first-order valence-electron chi connectivity index (χ1n) is 6.32. The lowest BCUT2D eigenvalue weighted by Gasteiger charge is -2.11. The number of aromatic nitrogens is 1. The smallest absolute Gasteiger partial charge is 0.416 e. The van der Waals surface area contributed by atoms with Gasteiger partial charge in [0.25, 0.3) is 0 Å². The van der Waals surface area contributed by atoms with Crippen LogP contribution in [0.4, 0.5) is 13.2 Å². The fourth-order valence-corrected chi connectivity index (χ4v) is 2.22. The molecule has 0 saturated carbocycles. The molecule has 114 valence electrons. The predicted octanol–water partition coefficient (Wildman–Crippen LogP) is 4.62. The molecular formula is C14H14BrF3N2O. The van der Waals surface area contributed by atoms with E-state index in [0.717, 1.165) is 12.1 Å². The van der Waals surface area contributed by atoms with Gasteiger partial charge < -0.3 is 9.73 Å². The molecule has 21 heavy (non-hydrogen) atoms. The van der Waals surface area contributed by atoms with Gasteiger partial charge >= 0.3 is 6.18 Å². The number of oxazole rings is 1. The Morgan fingerprint density at radius 3 is 2.67 bits per heavy atom. The average molecular weight is 363 g/mol. The average Bonchev–Trinajstić information content (AvgIpc) is 2.83. The van der Waals surface area contributed by atoms with Gasteiger partial charge in [0.15, 0.2) is 12.2 Å². The van der Waals surface area contributed by atoms with Crippen molar-refractivity contribution >= 4 is 15.9 Å². The van der Waals surface area contributed by atoms with E-state index >= 15 is 0 Å². The van der Waals surface area contributed by atoms with Gasteiger partial charge in [0, 0.05) is 22.6 Å². The SMILES string of the molecule is CC(C)NCc1ncoc1-c1cc(C(F)(F)F)ccc1Br. The van der Waals surface area contributed by atoms with Crippen molar-refractivity contribution < 1.29 is 17.6 Å². The fraction of sp³-hybridized carbons (Fsp3) is 0.357. The molecule has 2 rings (SSSR count). The van der Waals surface area contributed by atoms with Crippen molar-refractivity contribution in [2.45, 2.75) is 32.6 Å². The summed E-state index contributed by atoms with van der Waals surface area (Å²) in [5.74, 6) is 0.334. The molecule has 1 N–H and O–H groups in total. The summed E-state index contributed by atoms with van der Waals surface area (Å²) >= 11 is 3.26. The van der Waals surface area contributed by atoms with Crippen LogP contribution in [0.1, 0.15) is 25.1 Å². The minimum absolute atomic E-state index is 0.236. The molecule has 0 aliphatic heterocycles. The normalized spacial score (nSPS) is 12.1. The van der Waals surface area contributed by atoms with Gasteiger partial charge in [0.1, 0.15) is 5.69 Å². The van der Waals surface area contributed by atoms with E-state index in [9.17, 15) is 13.2 Å². The maximum Gasteiger partial charge on any atom is 0.416 e. The number of hydrogen-bond acceptors (Lipinski definition) is 3. The van der Waals surface area contributed by atoms with Crippen molar-refractivity contribution in [3.63, 3.8) is 0 Å². The van der Waals surface area contributed by atoms with Crippen LogP contribution < -0.4 is 5.32 Å². The quantitative estimate of drug-likeness (QED) is 0.862. The maximum absolute atomic E-state index is 12.8. The molecule has 0 unspecified atom stereocenters. The minimum Gasteiger partial charge on any atom is -0.443 e. The van der Waals surface area contributed by atoms with Crippen LogP contribution in [0.15, 0.2) is 33.5 Å². The first kappa shape index (κ1) is 16.0. The molecule has 0 saturated heterocycles. The van der Waals surface area contributed by atoms with Gasteiger partial charge in [0.05, 0.1) is 5.56 Å². The fourth-order valence-electron chi connectivity index (χ4n) is 1.79. The Bertz CT molecular complexity index is 623. The first-order chi connectivity index (χ1) is 9.79. The molecule has 1 heterocycles. The lowest BCUT2D eigenvalue weighted by Crippen LogP contribution is -2.22. The van der Waals surface area contributed by atoms with Gasteiger partial charge in [-0.15, -0.1) is 0 Å².